The van der Waals surface area contributed by atoms with E-state index in [-0.39, 0.29) is 5.82 Å². The average Bonchev–Trinajstić information content (AvgIpc) is 2.33. The first-order valence-electron chi connectivity index (χ1n) is 6.03. The minimum Gasteiger partial charge on any atom is -0.399 e. The Morgan fingerprint density at radius 3 is 2.94 bits per heavy atom. The third-order valence-corrected chi connectivity index (χ3v) is 4.41. The Labute approximate surface area is 106 Å². The summed E-state index contributed by atoms with van der Waals surface area (Å²) in [6.45, 7) is 0. The van der Waals surface area contributed by atoms with Crippen LogP contribution in [0.1, 0.15) is 25.7 Å². The van der Waals surface area contributed by atoms with Crippen LogP contribution in [0.3, 0.4) is 0 Å². The van der Waals surface area contributed by atoms with Crippen LogP contribution in [0.2, 0.25) is 0 Å². The predicted octanol–water partition coefficient (Wildman–Crippen LogP) is 3.49. The SMILES string of the molecule is CSC1CCCC(Nc2ccc(N)cc2F)C1. The van der Waals surface area contributed by atoms with Crippen LogP contribution in [0, 0.1) is 5.82 Å². The van der Waals surface area contributed by atoms with E-state index in [0.717, 1.165) is 12.8 Å². The van der Waals surface area contributed by atoms with Gasteiger partial charge in [0.1, 0.15) is 5.82 Å². The Morgan fingerprint density at radius 1 is 1.41 bits per heavy atom. The summed E-state index contributed by atoms with van der Waals surface area (Å²) in [5.74, 6) is -0.253. The Hall–Kier alpha value is -0.900. The van der Waals surface area contributed by atoms with E-state index in [1.165, 1.54) is 18.9 Å². The molecule has 1 aliphatic carbocycles. The molecular formula is C13H19FN2S. The molecule has 2 unspecified atom stereocenters. The maximum absolute atomic E-state index is 13.6. The van der Waals surface area contributed by atoms with E-state index < -0.39 is 0 Å². The molecule has 2 nitrogen and oxygen atoms in total. The Bertz CT molecular complexity index is 384. The van der Waals surface area contributed by atoms with Crippen LogP contribution in [0.15, 0.2) is 18.2 Å². The fourth-order valence-electron chi connectivity index (χ4n) is 2.36. The zero-order valence-corrected chi connectivity index (χ0v) is 10.9. The fraction of sp³-hybridized carbons (Fsp3) is 0.538. The van der Waals surface area contributed by atoms with E-state index >= 15 is 0 Å². The molecule has 2 rings (SSSR count). The lowest BCUT2D eigenvalue weighted by Crippen LogP contribution is -2.28. The number of hydrogen-bond acceptors (Lipinski definition) is 3. The normalized spacial score (nSPS) is 24.6. The third-order valence-electron chi connectivity index (χ3n) is 3.31. The molecule has 0 bridgehead atoms. The molecule has 1 saturated carbocycles. The van der Waals surface area contributed by atoms with Gasteiger partial charge < -0.3 is 11.1 Å². The van der Waals surface area contributed by atoms with E-state index in [4.69, 9.17) is 5.73 Å². The van der Waals surface area contributed by atoms with Gasteiger partial charge in [-0.05, 0) is 43.7 Å². The molecule has 4 heteroatoms. The highest BCUT2D eigenvalue weighted by Crippen LogP contribution is 2.29. The van der Waals surface area contributed by atoms with Crippen molar-refractivity contribution in [1.29, 1.82) is 0 Å². The molecule has 3 N–H and O–H groups in total. The van der Waals surface area contributed by atoms with Crippen LogP contribution in [-0.4, -0.2) is 17.5 Å². The first-order chi connectivity index (χ1) is 8.19. The topological polar surface area (TPSA) is 38.0 Å². The van der Waals surface area contributed by atoms with Gasteiger partial charge in [-0.3, -0.25) is 0 Å². The molecular weight excluding hydrogens is 235 g/mol. The molecule has 1 aromatic rings. The summed E-state index contributed by atoms with van der Waals surface area (Å²) in [6, 6.07) is 5.23. The first kappa shape index (κ1) is 12.6. The lowest BCUT2D eigenvalue weighted by Gasteiger charge is -2.29. The monoisotopic (exact) mass is 254 g/mol. The van der Waals surface area contributed by atoms with Crippen LogP contribution in [-0.2, 0) is 0 Å². The summed E-state index contributed by atoms with van der Waals surface area (Å²) < 4.78 is 13.6. The average molecular weight is 254 g/mol. The molecule has 94 valence electrons. The van der Waals surface area contributed by atoms with Gasteiger partial charge in [0, 0.05) is 17.0 Å². The molecule has 0 aliphatic heterocycles. The van der Waals surface area contributed by atoms with Gasteiger partial charge in [0.15, 0.2) is 0 Å². The summed E-state index contributed by atoms with van der Waals surface area (Å²) in [7, 11) is 0. The number of nitrogens with one attached hydrogen (secondary N) is 1. The lowest BCUT2D eigenvalue weighted by molar-refractivity contribution is 0.471. The van der Waals surface area contributed by atoms with Crippen molar-refractivity contribution in [2.45, 2.75) is 37.0 Å². The largest absolute Gasteiger partial charge is 0.399 e. The van der Waals surface area contributed by atoms with Crippen molar-refractivity contribution in [1.82, 2.24) is 0 Å². The number of nitrogen functional groups attached to an aromatic ring is 1. The maximum Gasteiger partial charge on any atom is 0.148 e. The number of halogens is 1. The van der Waals surface area contributed by atoms with Crippen molar-refractivity contribution >= 4 is 23.1 Å². The lowest BCUT2D eigenvalue weighted by atomic mass is 9.94. The maximum atomic E-state index is 13.6. The first-order valence-corrected chi connectivity index (χ1v) is 7.32. The highest BCUT2D eigenvalue weighted by atomic mass is 32.2. The van der Waals surface area contributed by atoms with Crippen LogP contribution < -0.4 is 11.1 Å². The molecule has 1 aliphatic rings. The molecule has 2 atom stereocenters. The zero-order valence-electron chi connectivity index (χ0n) is 10.1. The van der Waals surface area contributed by atoms with E-state index in [2.05, 4.69) is 11.6 Å². The number of thioether (sulfide) groups is 1. The van der Waals surface area contributed by atoms with Crippen molar-refractivity contribution in [3.63, 3.8) is 0 Å². The highest BCUT2D eigenvalue weighted by Gasteiger charge is 2.21. The van der Waals surface area contributed by atoms with Crippen LogP contribution in [0.5, 0.6) is 0 Å². The number of anilines is 2. The van der Waals surface area contributed by atoms with Crippen molar-refractivity contribution in [3.8, 4) is 0 Å². The van der Waals surface area contributed by atoms with Crippen LogP contribution in [0.25, 0.3) is 0 Å². The standard InChI is InChI=1S/C13H19FN2S/c1-17-11-4-2-3-10(8-11)16-13-6-5-9(15)7-12(13)14/h5-7,10-11,16H,2-4,8,15H2,1H3. The highest BCUT2D eigenvalue weighted by molar-refractivity contribution is 7.99. The smallest absolute Gasteiger partial charge is 0.148 e. The molecule has 17 heavy (non-hydrogen) atoms. The molecule has 0 amide bonds. The molecule has 0 saturated heterocycles. The van der Waals surface area contributed by atoms with Gasteiger partial charge in [-0.15, -0.1) is 0 Å². The van der Waals surface area contributed by atoms with Gasteiger partial charge in [-0.1, -0.05) is 6.42 Å². The molecule has 0 radical (unpaired) electrons. The predicted molar refractivity (Wildman–Crippen MR) is 74.0 cm³/mol. The van der Waals surface area contributed by atoms with E-state index in [1.54, 1.807) is 12.1 Å². The summed E-state index contributed by atoms with van der Waals surface area (Å²) in [5, 5.41) is 4.00. The van der Waals surface area contributed by atoms with E-state index in [0.29, 0.717) is 22.7 Å². The second-order valence-corrected chi connectivity index (χ2v) is 5.74. The minimum atomic E-state index is -0.253. The van der Waals surface area contributed by atoms with Gasteiger partial charge in [-0.25, -0.2) is 4.39 Å². The Kier molecular flexibility index (Phi) is 4.15. The summed E-state index contributed by atoms with van der Waals surface area (Å²) in [6.07, 6.45) is 6.89. The van der Waals surface area contributed by atoms with Crippen molar-refractivity contribution in [2.75, 3.05) is 17.3 Å². The molecule has 0 spiro atoms. The van der Waals surface area contributed by atoms with Gasteiger partial charge >= 0.3 is 0 Å². The zero-order chi connectivity index (χ0) is 12.3. The Morgan fingerprint density at radius 2 is 2.24 bits per heavy atom. The van der Waals surface area contributed by atoms with Crippen LogP contribution >= 0.6 is 11.8 Å². The molecule has 0 aromatic heterocycles. The summed E-state index contributed by atoms with van der Waals surface area (Å²) in [5.41, 5.74) is 6.58. The van der Waals surface area contributed by atoms with E-state index in [1.807, 2.05) is 11.8 Å². The molecule has 1 fully saturated rings. The van der Waals surface area contributed by atoms with Crippen molar-refractivity contribution in [2.24, 2.45) is 0 Å². The van der Waals surface area contributed by atoms with Gasteiger partial charge in [0.05, 0.1) is 5.69 Å². The molecule has 0 heterocycles. The number of hydrogen-bond donors (Lipinski definition) is 2. The second kappa shape index (κ2) is 5.63. The Balaban J connectivity index is 2.00. The summed E-state index contributed by atoms with van der Waals surface area (Å²) >= 11 is 1.91. The van der Waals surface area contributed by atoms with Crippen molar-refractivity contribution in [3.05, 3.63) is 24.0 Å². The minimum absolute atomic E-state index is 0.253. The third kappa shape index (κ3) is 3.28. The van der Waals surface area contributed by atoms with Crippen molar-refractivity contribution < 1.29 is 4.39 Å². The van der Waals surface area contributed by atoms with E-state index in [9.17, 15) is 4.39 Å². The molecule has 1 aromatic carbocycles. The van der Waals surface area contributed by atoms with Crippen LogP contribution in [0.4, 0.5) is 15.8 Å². The number of rotatable bonds is 3. The second-order valence-electron chi connectivity index (χ2n) is 4.60. The van der Waals surface area contributed by atoms with Gasteiger partial charge in [0.25, 0.3) is 0 Å². The van der Waals surface area contributed by atoms with Gasteiger partial charge in [-0.2, -0.15) is 11.8 Å². The quantitative estimate of drug-likeness (QED) is 0.811. The number of nitrogens with two attached hydrogens (primary N) is 1. The fourth-order valence-corrected chi connectivity index (χ4v) is 3.19. The summed E-state index contributed by atoms with van der Waals surface area (Å²) in [4.78, 5) is 0. The van der Waals surface area contributed by atoms with Gasteiger partial charge in [0.2, 0.25) is 0 Å². The number of benzene rings is 1.